The maximum absolute atomic E-state index is 13.3. The van der Waals surface area contributed by atoms with Gasteiger partial charge in [0.1, 0.15) is 6.04 Å². The lowest BCUT2D eigenvalue weighted by atomic mass is 10.0. The number of nitrogens with zero attached hydrogens (tertiary/aromatic N) is 2. The van der Waals surface area contributed by atoms with Crippen molar-refractivity contribution >= 4 is 57.9 Å². The van der Waals surface area contributed by atoms with Gasteiger partial charge in [-0.2, -0.15) is 0 Å². The fourth-order valence-electron chi connectivity index (χ4n) is 3.19. The lowest BCUT2D eigenvalue weighted by Gasteiger charge is -2.22. The van der Waals surface area contributed by atoms with Gasteiger partial charge >= 0.3 is 5.97 Å². The summed E-state index contributed by atoms with van der Waals surface area (Å²) < 4.78 is 6.93. The van der Waals surface area contributed by atoms with E-state index >= 15 is 0 Å². The summed E-state index contributed by atoms with van der Waals surface area (Å²) in [6.45, 7) is 1.74. The number of rotatable bonds is 3. The molecule has 9 heteroatoms. The third-order valence-electron chi connectivity index (χ3n) is 4.51. The van der Waals surface area contributed by atoms with E-state index in [1.165, 1.54) is 34.4 Å². The van der Waals surface area contributed by atoms with E-state index in [-0.39, 0.29) is 5.56 Å². The summed E-state index contributed by atoms with van der Waals surface area (Å²) in [7, 11) is 1.32. The fourth-order valence-corrected chi connectivity index (χ4v) is 5.55. The van der Waals surface area contributed by atoms with Gasteiger partial charge < -0.3 is 4.74 Å². The summed E-state index contributed by atoms with van der Waals surface area (Å²) in [5, 5.41) is 2.80. The number of allylic oxidation sites excluding steroid dienone is 1. The van der Waals surface area contributed by atoms with Crippen LogP contribution in [-0.2, 0) is 9.53 Å². The minimum absolute atomic E-state index is 0.267. The van der Waals surface area contributed by atoms with Crippen molar-refractivity contribution in [2.24, 2.45) is 4.99 Å². The van der Waals surface area contributed by atoms with Crippen molar-refractivity contribution in [1.29, 1.82) is 0 Å². The molecular formula is C20H14Cl2N2O3S2. The number of thiazole rings is 1. The summed E-state index contributed by atoms with van der Waals surface area (Å²) in [6, 6.07) is 8.34. The Bertz CT molecular complexity index is 1300. The highest BCUT2D eigenvalue weighted by molar-refractivity contribution is 7.10. The summed E-state index contributed by atoms with van der Waals surface area (Å²) in [5.41, 5.74) is 1.18. The molecule has 0 unspecified atom stereocenters. The first kappa shape index (κ1) is 20.1. The van der Waals surface area contributed by atoms with Crippen LogP contribution in [0.25, 0.3) is 6.08 Å². The maximum Gasteiger partial charge on any atom is 0.338 e. The molecule has 5 nitrogen and oxygen atoms in total. The number of fused-ring (bicyclic) bond motifs is 1. The van der Waals surface area contributed by atoms with Gasteiger partial charge in [-0.25, -0.2) is 9.79 Å². The van der Waals surface area contributed by atoms with E-state index in [4.69, 9.17) is 27.9 Å². The Balaban J connectivity index is 2.00. The third kappa shape index (κ3) is 3.48. The van der Waals surface area contributed by atoms with Crippen molar-refractivity contribution in [2.45, 2.75) is 13.0 Å². The van der Waals surface area contributed by atoms with E-state index in [1.807, 2.05) is 17.5 Å². The largest absolute Gasteiger partial charge is 0.466 e. The van der Waals surface area contributed by atoms with E-state index in [0.29, 0.717) is 36.2 Å². The van der Waals surface area contributed by atoms with Gasteiger partial charge in [-0.05, 0) is 36.6 Å². The van der Waals surface area contributed by atoms with Crippen LogP contribution in [0, 0.1) is 0 Å². The van der Waals surface area contributed by atoms with Crippen LogP contribution in [-0.4, -0.2) is 17.6 Å². The van der Waals surface area contributed by atoms with Gasteiger partial charge in [-0.15, -0.1) is 11.3 Å². The van der Waals surface area contributed by atoms with Crippen molar-refractivity contribution in [3.05, 3.63) is 87.2 Å². The Kier molecular flexibility index (Phi) is 5.48. The zero-order valence-corrected chi connectivity index (χ0v) is 18.5. The lowest BCUT2D eigenvalue weighted by molar-refractivity contribution is -0.136. The number of ether oxygens (including phenoxy) is 1. The molecule has 4 rings (SSSR count). The number of carbonyl (C=O) groups excluding carboxylic acids is 1. The molecule has 0 N–H and O–H groups in total. The molecule has 0 saturated heterocycles. The number of thiophene rings is 1. The van der Waals surface area contributed by atoms with Gasteiger partial charge in [-0.3, -0.25) is 9.36 Å². The highest BCUT2D eigenvalue weighted by Crippen LogP contribution is 2.33. The zero-order chi connectivity index (χ0) is 20.7. The second-order valence-electron chi connectivity index (χ2n) is 6.22. The van der Waals surface area contributed by atoms with Gasteiger partial charge in [0.15, 0.2) is 4.80 Å². The molecule has 0 amide bonds. The Hall–Kier alpha value is -2.19. The van der Waals surface area contributed by atoms with E-state index in [0.717, 1.165) is 4.88 Å². The Labute approximate surface area is 183 Å². The highest BCUT2D eigenvalue weighted by Gasteiger charge is 2.33. The summed E-state index contributed by atoms with van der Waals surface area (Å²) in [6.07, 6.45) is 1.66. The lowest BCUT2D eigenvalue weighted by Crippen LogP contribution is -2.39. The van der Waals surface area contributed by atoms with Gasteiger partial charge in [0.2, 0.25) is 0 Å². The maximum atomic E-state index is 13.3. The molecule has 0 saturated carbocycles. The molecular weight excluding hydrogens is 451 g/mol. The van der Waals surface area contributed by atoms with Crippen LogP contribution in [0.4, 0.5) is 0 Å². The summed E-state index contributed by atoms with van der Waals surface area (Å²) >= 11 is 15.2. The van der Waals surface area contributed by atoms with E-state index in [9.17, 15) is 9.59 Å². The molecule has 0 aliphatic carbocycles. The third-order valence-corrected chi connectivity index (χ3v) is 7.08. The standard InChI is InChI=1S/C20H14Cl2N2O3S2/c1-10-16(19(26)27-2)17(14-7-4-8-28-14)24-18(25)15(29-20(24)23-10)9-11-12(21)5-3-6-13(11)22/h3-9,17H,1-2H3/b15-9+/t17-/m1/s1. The molecule has 0 spiro atoms. The topological polar surface area (TPSA) is 60.7 Å². The number of esters is 1. The highest BCUT2D eigenvalue weighted by atomic mass is 35.5. The van der Waals surface area contributed by atoms with E-state index in [2.05, 4.69) is 4.99 Å². The van der Waals surface area contributed by atoms with Crippen molar-refractivity contribution in [3.8, 4) is 0 Å². The quantitative estimate of drug-likeness (QED) is 0.554. The van der Waals surface area contributed by atoms with Gasteiger partial charge in [0.25, 0.3) is 5.56 Å². The number of halogens is 2. The molecule has 0 radical (unpaired) electrons. The molecule has 1 atom stereocenters. The second-order valence-corrected chi connectivity index (χ2v) is 9.03. The predicted octanol–water partition coefficient (Wildman–Crippen LogP) is 3.78. The number of carbonyl (C=O) groups is 1. The molecule has 29 heavy (non-hydrogen) atoms. The molecule has 2 aromatic heterocycles. The Morgan fingerprint density at radius 2 is 1.97 bits per heavy atom. The van der Waals surface area contributed by atoms with Crippen molar-refractivity contribution in [2.75, 3.05) is 7.11 Å². The SMILES string of the molecule is COC(=O)C1=C(C)N=c2s/c(=C/c3c(Cl)cccc3Cl)c(=O)n2[C@@H]1c1cccs1. The molecule has 0 fully saturated rings. The van der Waals surface area contributed by atoms with E-state index < -0.39 is 12.0 Å². The first-order valence-corrected chi connectivity index (χ1v) is 11.0. The van der Waals surface area contributed by atoms with Gasteiger partial charge in [0, 0.05) is 20.5 Å². The predicted molar refractivity (Wildman–Crippen MR) is 117 cm³/mol. The number of hydrogen-bond donors (Lipinski definition) is 0. The molecule has 3 heterocycles. The van der Waals surface area contributed by atoms with Crippen LogP contribution in [0.5, 0.6) is 0 Å². The molecule has 3 aromatic rings. The average molecular weight is 465 g/mol. The fraction of sp³-hybridized carbons (Fsp3) is 0.150. The summed E-state index contributed by atoms with van der Waals surface area (Å²) in [4.78, 5) is 31.7. The summed E-state index contributed by atoms with van der Waals surface area (Å²) in [5.74, 6) is -0.506. The minimum atomic E-state index is -0.595. The Morgan fingerprint density at radius 3 is 2.59 bits per heavy atom. The Morgan fingerprint density at radius 1 is 1.24 bits per heavy atom. The van der Waals surface area contributed by atoms with Crippen LogP contribution in [0.15, 0.2) is 56.8 Å². The number of benzene rings is 1. The number of methoxy groups -OCH3 is 1. The van der Waals surface area contributed by atoms with Crippen LogP contribution in [0.2, 0.25) is 10.0 Å². The average Bonchev–Trinajstić information content (AvgIpc) is 3.32. The molecule has 1 aliphatic rings. The van der Waals surface area contributed by atoms with Crippen molar-refractivity contribution in [1.82, 2.24) is 4.57 Å². The minimum Gasteiger partial charge on any atom is -0.466 e. The number of aromatic nitrogens is 1. The molecule has 148 valence electrons. The van der Waals surface area contributed by atoms with Crippen LogP contribution in [0.3, 0.4) is 0 Å². The second kappa shape index (κ2) is 7.91. The van der Waals surface area contributed by atoms with Crippen molar-refractivity contribution < 1.29 is 9.53 Å². The smallest absolute Gasteiger partial charge is 0.338 e. The normalized spacial score (nSPS) is 16.6. The zero-order valence-electron chi connectivity index (χ0n) is 15.3. The van der Waals surface area contributed by atoms with Gasteiger partial charge in [-0.1, -0.05) is 46.7 Å². The van der Waals surface area contributed by atoms with Crippen LogP contribution >= 0.6 is 45.9 Å². The van der Waals surface area contributed by atoms with E-state index in [1.54, 1.807) is 31.2 Å². The first-order chi connectivity index (χ1) is 13.9. The molecule has 0 bridgehead atoms. The van der Waals surface area contributed by atoms with Crippen LogP contribution < -0.4 is 14.9 Å². The van der Waals surface area contributed by atoms with Crippen LogP contribution in [0.1, 0.15) is 23.4 Å². The molecule has 1 aliphatic heterocycles. The molecule has 1 aromatic carbocycles. The monoisotopic (exact) mass is 464 g/mol. The number of hydrogen-bond acceptors (Lipinski definition) is 6. The first-order valence-electron chi connectivity index (χ1n) is 8.50. The van der Waals surface area contributed by atoms with Gasteiger partial charge in [0.05, 0.1) is 22.9 Å². The van der Waals surface area contributed by atoms with Crippen molar-refractivity contribution in [3.63, 3.8) is 0 Å².